The van der Waals surface area contributed by atoms with E-state index in [-0.39, 0.29) is 11.4 Å². The number of methoxy groups -OCH3 is 1. The fourth-order valence-electron chi connectivity index (χ4n) is 1.78. The summed E-state index contributed by atoms with van der Waals surface area (Å²) in [5.74, 6) is -0.773. The molecule has 0 unspecified atom stereocenters. The Labute approximate surface area is 121 Å². The second kappa shape index (κ2) is 5.26. The number of carboxylic acids is 1. The molecule has 0 radical (unpaired) electrons. The van der Waals surface area contributed by atoms with Gasteiger partial charge in [0.2, 0.25) is 0 Å². The average molecular weight is 313 g/mol. The third-order valence-electron chi connectivity index (χ3n) is 2.93. The number of aromatic carboxylic acids is 1. The number of H-pyrrole nitrogens is 1. The van der Waals surface area contributed by atoms with Gasteiger partial charge in [0, 0.05) is 25.0 Å². The monoisotopic (exact) mass is 313 g/mol. The number of aromatic nitrogens is 1. The number of carbonyl (C=O) groups is 1. The Kier molecular flexibility index (Phi) is 3.79. The van der Waals surface area contributed by atoms with Crippen LogP contribution in [0.4, 0.5) is 5.69 Å². The summed E-state index contributed by atoms with van der Waals surface area (Å²) in [6, 6.07) is 4.83. The molecule has 2 rings (SSSR count). The van der Waals surface area contributed by atoms with Crippen molar-refractivity contribution in [2.75, 3.05) is 25.9 Å². The van der Waals surface area contributed by atoms with Crippen molar-refractivity contribution in [3.05, 3.63) is 23.9 Å². The fourth-order valence-corrected chi connectivity index (χ4v) is 2.44. The number of carboxylic acid groups (broad SMARTS) is 1. The van der Waals surface area contributed by atoms with Crippen LogP contribution >= 0.6 is 0 Å². The number of anilines is 1. The largest absolute Gasteiger partial charge is 0.497 e. The average Bonchev–Trinajstić information content (AvgIpc) is 2.76. The lowest BCUT2D eigenvalue weighted by molar-refractivity contribution is 0.0692. The summed E-state index contributed by atoms with van der Waals surface area (Å²) in [7, 11) is 0.330. The molecule has 0 saturated heterocycles. The van der Waals surface area contributed by atoms with Crippen LogP contribution in [-0.2, 0) is 10.2 Å². The van der Waals surface area contributed by atoms with Crippen molar-refractivity contribution in [1.29, 1.82) is 0 Å². The molecule has 0 saturated carbocycles. The zero-order valence-corrected chi connectivity index (χ0v) is 12.5. The van der Waals surface area contributed by atoms with E-state index in [1.807, 2.05) is 0 Å². The number of ether oxygens (including phenoxy) is 1. The number of nitrogens with one attached hydrogen (secondary N) is 2. The van der Waals surface area contributed by atoms with Gasteiger partial charge in [0.25, 0.3) is 0 Å². The van der Waals surface area contributed by atoms with Crippen LogP contribution in [0.3, 0.4) is 0 Å². The molecule has 1 aromatic heterocycles. The lowest BCUT2D eigenvalue weighted by Gasteiger charge is -2.13. The Morgan fingerprint density at radius 3 is 2.57 bits per heavy atom. The van der Waals surface area contributed by atoms with Crippen molar-refractivity contribution < 1.29 is 23.1 Å². The van der Waals surface area contributed by atoms with Gasteiger partial charge in [0.05, 0.1) is 12.8 Å². The maximum absolute atomic E-state index is 11.9. The number of nitrogens with zero attached hydrogens (tertiary/aromatic N) is 1. The van der Waals surface area contributed by atoms with E-state index < -0.39 is 16.2 Å². The van der Waals surface area contributed by atoms with Crippen LogP contribution < -0.4 is 9.46 Å². The molecule has 114 valence electrons. The van der Waals surface area contributed by atoms with Gasteiger partial charge in [0.15, 0.2) is 0 Å². The molecule has 0 spiro atoms. The van der Waals surface area contributed by atoms with E-state index in [4.69, 9.17) is 4.74 Å². The molecule has 0 atom stereocenters. The topological polar surface area (TPSA) is 112 Å². The summed E-state index contributed by atoms with van der Waals surface area (Å²) in [6.45, 7) is 0. The van der Waals surface area contributed by atoms with Gasteiger partial charge in [0.1, 0.15) is 11.4 Å². The van der Waals surface area contributed by atoms with Crippen molar-refractivity contribution in [3.8, 4) is 5.75 Å². The zero-order valence-electron chi connectivity index (χ0n) is 11.7. The van der Waals surface area contributed by atoms with Crippen LogP contribution in [0.1, 0.15) is 10.5 Å². The third kappa shape index (κ3) is 2.78. The Hall–Kier alpha value is -2.26. The summed E-state index contributed by atoms with van der Waals surface area (Å²) >= 11 is 0. The minimum atomic E-state index is -3.83. The Bertz CT molecular complexity index is 795. The Morgan fingerprint density at radius 1 is 1.38 bits per heavy atom. The number of hydrogen-bond donors (Lipinski definition) is 3. The number of fused-ring (bicyclic) bond motifs is 1. The Balaban J connectivity index is 2.68. The van der Waals surface area contributed by atoms with E-state index in [1.165, 1.54) is 21.2 Å². The van der Waals surface area contributed by atoms with E-state index in [1.54, 1.807) is 18.2 Å². The van der Waals surface area contributed by atoms with Crippen LogP contribution in [0.25, 0.3) is 10.9 Å². The standard InChI is InChI=1S/C12H15N3O5S/c1-15(2)21(18,19)14-10-8-6-7(20-3)4-5-9(8)13-11(10)12(16)17/h4-6,13-14H,1-3H3,(H,16,17). The van der Waals surface area contributed by atoms with Gasteiger partial charge in [-0.3, -0.25) is 4.72 Å². The van der Waals surface area contributed by atoms with Gasteiger partial charge < -0.3 is 14.8 Å². The molecule has 0 amide bonds. The molecule has 21 heavy (non-hydrogen) atoms. The van der Waals surface area contributed by atoms with Crippen molar-refractivity contribution >= 4 is 32.8 Å². The van der Waals surface area contributed by atoms with Gasteiger partial charge in [-0.25, -0.2) is 4.79 Å². The van der Waals surface area contributed by atoms with E-state index >= 15 is 0 Å². The molecule has 0 aliphatic rings. The lowest BCUT2D eigenvalue weighted by atomic mass is 10.2. The molecule has 1 heterocycles. The second-order valence-corrected chi connectivity index (χ2v) is 6.37. The molecule has 9 heteroatoms. The Morgan fingerprint density at radius 2 is 2.05 bits per heavy atom. The quantitative estimate of drug-likeness (QED) is 0.765. The maximum atomic E-state index is 11.9. The highest BCUT2D eigenvalue weighted by Crippen LogP contribution is 2.31. The number of hydrogen-bond acceptors (Lipinski definition) is 4. The molecule has 0 aliphatic heterocycles. The first-order chi connectivity index (χ1) is 9.76. The second-order valence-electron chi connectivity index (χ2n) is 4.48. The van der Waals surface area contributed by atoms with Gasteiger partial charge in [-0.05, 0) is 18.2 Å². The van der Waals surface area contributed by atoms with Gasteiger partial charge >= 0.3 is 16.2 Å². The predicted octanol–water partition coefficient (Wildman–Crippen LogP) is 1.09. The normalized spacial score (nSPS) is 11.8. The maximum Gasteiger partial charge on any atom is 0.354 e. The number of rotatable bonds is 5. The van der Waals surface area contributed by atoms with Gasteiger partial charge in [-0.15, -0.1) is 0 Å². The molecule has 0 aliphatic carbocycles. The summed E-state index contributed by atoms with van der Waals surface area (Å²) in [5.41, 5.74) is 0.235. The number of aromatic amines is 1. The predicted molar refractivity (Wildman–Crippen MR) is 78.0 cm³/mol. The van der Waals surface area contributed by atoms with Crippen LogP contribution in [0.5, 0.6) is 5.75 Å². The molecule has 0 bridgehead atoms. The van der Waals surface area contributed by atoms with Crippen LogP contribution in [-0.4, -0.2) is 50.0 Å². The van der Waals surface area contributed by atoms with E-state index in [0.29, 0.717) is 16.7 Å². The highest BCUT2D eigenvalue weighted by Gasteiger charge is 2.23. The zero-order chi connectivity index (χ0) is 15.8. The molecule has 0 fully saturated rings. The summed E-state index contributed by atoms with van der Waals surface area (Å²) in [6.07, 6.45) is 0. The van der Waals surface area contributed by atoms with E-state index in [0.717, 1.165) is 4.31 Å². The fraction of sp³-hybridized carbons (Fsp3) is 0.250. The van der Waals surface area contributed by atoms with E-state index in [9.17, 15) is 18.3 Å². The molecular weight excluding hydrogens is 298 g/mol. The first-order valence-corrected chi connectivity index (χ1v) is 7.33. The van der Waals surface area contributed by atoms with E-state index in [2.05, 4.69) is 9.71 Å². The molecule has 2 aromatic rings. The van der Waals surface area contributed by atoms with Crippen molar-refractivity contribution in [2.24, 2.45) is 0 Å². The van der Waals surface area contributed by atoms with Crippen molar-refractivity contribution in [2.45, 2.75) is 0 Å². The highest BCUT2D eigenvalue weighted by molar-refractivity contribution is 7.90. The first kappa shape index (κ1) is 15.1. The van der Waals surface area contributed by atoms with Crippen LogP contribution in [0.15, 0.2) is 18.2 Å². The molecule has 3 N–H and O–H groups in total. The van der Waals surface area contributed by atoms with Gasteiger partial charge in [-0.1, -0.05) is 0 Å². The van der Waals surface area contributed by atoms with Crippen molar-refractivity contribution in [1.82, 2.24) is 9.29 Å². The third-order valence-corrected chi connectivity index (χ3v) is 4.35. The lowest BCUT2D eigenvalue weighted by Crippen LogP contribution is -2.29. The van der Waals surface area contributed by atoms with Gasteiger partial charge in [-0.2, -0.15) is 12.7 Å². The first-order valence-electron chi connectivity index (χ1n) is 5.89. The summed E-state index contributed by atoms with van der Waals surface area (Å²) in [4.78, 5) is 14.0. The summed E-state index contributed by atoms with van der Waals surface area (Å²) < 4.78 is 32.2. The molecule has 8 nitrogen and oxygen atoms in total. The van der Waals surface area contributed by atoms with Crippen LogP contribution in [0, 0.1) is 0 Å². The highest BCUT2D eigenvalue weighted by atomic mass is 32.2. The minimum Gasteiger partial charge on any atom is -0.497 e. The van der Waals surface area contributed by atoms with Crippen molar-refractivity contribution in [3.63, 3.8) is 0 Å². The molecular formula is C12H15N3O5S. The minimum absolute atomic E-state index is 0.0231. The summed E-state index contributed by atoms with van der Waals surface area (Å²) in [5, 5.41) is 9.63. The smallest absolute Gasteiger partial charge is 0.354 e. The number of benzene rings is 1. The van der Waals surface area contributed by atoms with Crippen LogP contribution in [0.2, 0.25) is 0 Å². The molecule has 1 aromatic carbocycles. The SMILES string of the molecule is COc1ccc2[nH]c(C(=O)O)c(NS(=O)(=O)N(C)C)c2c1.